The van der Waals surface area contributed by atoms with Crippen molar-refractivity contribution < 1.29 is 9.47 Å². The van der Waals surface area contributed by atoms with Gasteiger partial charge in [-0.05, 0) is 13.8 Å². The molecule has 0 aliphatic carbocycles. The van der Waals surface area contributed by atoms with Gasteiger partial charge in [0.1, 0.15) is 6.61 Å². The Kier molecular flexibility index (Phi) is 9.43. The van der Waals surface area contributed by atoms with Crippen LogP contribution >= 0.6 is 0 Å². The fraction of sp³-hybridized carbons (Fsp3) is 0.667. The third-order valence-corrected chi connectivity index (χ3v) is 1.40. The van der Waals surface area contributed by atoms with E-state index >= 15 is 0 Å². The molecule has 2 heteroatoms. The largest absolute Gasteiger partial charge is 0.353 e. The molecule has 0 aromatic rings. The molecule has 0 radical (unpaired) electrons. The van der Waals surface area contributed by atoms with E-state index in [-0.39, 0.29) is 6.29 Å². The van der Waals surface area contributed by atoms with Crippen LogP contribution < -0.4 is 0 Å². The van der Waals surface area contributed by atoms with Crippen LogP contribution in [0.5, 0.6) is 0 Å². The molecular weight excluding hydrogens is 176 g/mol. The van der Waals surface area contributed by atoms with Gasteiger partial charge in [-0.3, -0.25) is 0 Å². The molecule has 14 heavy (non-hydrogen) atoms. The second kappa shape index (κ2) is 10.1. The highest BCUT2D eigenvalue weighted by Crippen LogP contribution is 1.91. The maximum absolute atomic E-state index is 5.24. The molecule has 0 amide bonds. The van der Waals surface area contributed by atoms with Gasteiger partial charge in [-0.15, -0.1) is 5.92 Å². The number of hydrogen-bond acceptors (Lipinski definition) is 2. The summed E-state index contributed by atoms with van der Waals surface area (Å²) in [5, 5.41) is 0. The Hall–Kier alpha value is -0.960. The Morgan fingerprint density at radius 3 is 2.36 bits per heavy atom. The molecule has 0 aromatic heterocycles. The first kappa shape index (κ1) is 13.0. The average Bonchev–Trinajstić information content (AvgIpc) is 2.17. The molecule has 1 unspecified atom stereocenters. The van der Waals surface area contributed by atoms with E-state index in [1.807, 2.05) is 20.8 Å². The minimum Gasteiger partial charge on any atom is -0.353 e. The van der Waals surface area contributed by atoms with Crippen molar-refractivity contribution in [2.24, 2.45) is 0 Å². The maximum atomic E-state index is 5.24. The molecule has 0 heterocycles. The van der Waals surface area contributed by atoms with Gasteiger partial charge >= 0.3 is 0 Å². The van der Waals surface area contributed by atoms with Gasteiger partial charge in [0.15, 0.2) is 6.29 Å². The van der Waals surface area contributed by atoms with Crippen molar-refractivity contribution in [3.05, 3.63) is 0 Å². The lowest BCUT2D eigenvalue weighted by Crippen LogP contribution is -2.12. The summed E-state index contributed by atoms with van der Waals surface area (Å²) in [5.41, 5.74) is 0. The fourth-order valence-electron chi connectivity index (χ4n) is 0.787. The van der Waals surface area contributed by atoms with Crippen LogP contribution in [0.4, 0.5) is 0 Å². The second-order valence-corrected chi connectivity index (χ2v) is 2.57. The van der Waals surface area contributed by atoms with Crippen molar-refractivity contribution in [3.8, 4) is 23.7 Å². The van der Waals surface area contributed by atoms with Crippen LogP contribution in [-0.2, 0) is 9.47 Å². The Bertz CT molecular complexity index is 237. The van der Waals surface area contributed by atoms with Crippen LogP contribution in [0.3, 0.4) is 0 Å². The van der Waals surface area contributed by atoms with E-state index in [0.29, 0.717) is 19.6 Å². The molecule has 78 valence electrons. The number of hydrogen-bond donors (Lipinski definition) is 0. The van der Waals surface area contributed by atoms with Crippen LogP contribution in [0.15, 0.2) is 0 Å². The van der Waals surface area contributed by atoms with Gasteiger partial charge in [-0.2, -0.15) is 0 Å². The van der Waals surface area contributed by atoms with Gasteiger partial charge in [0.2, 0.25) is 0 Å². The van der Waals surface area contributed by atoms with Crippen LogP contribution in [-0.4, -0.2) is 19.5 Å². The van der Waals surface area contributed by atoms with Crippen molar-refractivity contribution >= 4 is 0 Å². The first-order valence-corrected chi connectivity index (χ1v) is 4.95. The lowest BCUT2D eigenvalue weighted by molar-refractivity contribution is -0.117. The van der Waals surface area contributed by atoms with Crippen molar-refractivity contribution in [2.75, 3.05) is 13.2 Å². The van der Waals surface area contributed by atoms with Crippen molar-refractivity contribution in [2.45, 2.75) is 39.9 Å². The zero-order chi connectivity index (χ0) is 10.6. The molecule has 0 aliphatic rings. The van der Waals surface area contributed by atoms with Gasteiger partial charge in [-0.25, -0.2) is 0 Å². The zero-order valence-electron chi connectivity index (χ0n) is 9.22. The zero-order valence-corrected chi connectivity index (χ0v) is 9.22. The van der Waals surface area contributed by atoms with E-state index < -0.39 is 0 Å². The van der Waals surface area contributed by atoms with Crippen molar-refractivity contribution in [1.29, 1.82) is 0 Å². The van der Waals surface area contributed by atoms with Gasteiger partial charge in [-0.1, -0.05) is 24.7 Å². The quantitative estimate of drug-likeness (QED) is 0.504. The highest BCUT2D eigenvalue weighted by Gasteiger charge is 1.96. The summed E-state index contributed by atoms with van der Waals surface area (Å²) in [6, 6.07) is 0. The van der Waals surface area contributed by atoms with E-state index in [4.69, 9.17) is 9.47 Å². The lowest BCUT2D eigenvalue weighted by Gasteiger charge is -2.09. The topological polar surface area (TPSA) is 18.5 Å². The molecule has 0 aromatic carbocycles. The van der Waals surface area contributed by atoms with Crippen molar-refractivity contribution in [3.63, 3.8) is 0 Å². The summed E-state index contributed by atoms with van der Waals surface area (Å²) >= 11 is 0. The highest BCUT2D eigenvalue weighted by atomic mass is 16.7. The normalized spacial score (nSPS) is 10.8. The Labute approximate surface area is 87.0 Å². The first-order chi connectivity index (χ1) is 6.81. The monoisotopic (exact) mass is 194 g/mol. The average molecular weight is 194 g/mol. The van der Waals surface area contributed by atoms with Crippen LogP contribution in [0.2, 0.25) is 0 Å². The van der Waals surface area contributed by atoms with Gasteiger partial charge in [0.05, 0.1) is 6.42 Å². The first-order valence-electron chi connectivity index (χ1n) is 4.95. The Morgan fingerprint density at radius 1 is 1.00 bits per heavy atom. The Balaban J connectivity index is 3.42. The van der Waals surface area contributed by atoms with E-state index in [1.165, 1.54) is 0 Å². The summed E-state index contributed by atoms with van der Waals surface area (Å²) in [7, 11) is 0. The standard InChI is InChI=1S/C12H18O2/c1-4-6-7-8-9-10-11-14-12(3)13-5-2/h12H,4-5,8,11H2,1-3H3. The molecule has 1 atom stereocenters. The summed E-state index contributed by atoms with van der Waals surface area (Å²) in [5.74, 6) is 11.7. The predicted molar refractivity (Wildman–Crippen MR) is 57.5 cm³/mol. The van der Waals surface area contributed by atoms with Gasteiger partial charge < -0.3 is 9.47 Å². The molecule has 0 saturated carbocycles. The van der Waals surface area contributed by atoms with Crippen molar-refractivity contribution in [1.82, 2.24) is 0 Å². The minimum atomic E-state index is -0.170. The molecule has 0 fully saturated rings. The molecule has 0 N–H and O–H groups in total. The molecular formula is C12H18O2. The molecule has 0 aliphatic heterocycles. The molecule has 0 rings (SSSR count). The molecule has 0 saturated heterocycles. The summed E-state index contributed by atoms with van der Waals surface area (Å²) in [6.45, 7) is 6.90. The molecule has 0 bridgehead atoms. The van der Waals surface area contributed by atoms with E-state index in [0.717, 1.165) is 6.42 Å². The predicted octanol–water partition coefficient (Wildman–Crippen LogP) is 2.19. The third kappa shape index (κ3) is 9.13. The fourth-order valence-corrected chi connectivity index (χ4v) is 0.787. The minimum absolute atomic E-state index is 0.170. The SMILES string of the molecule is CCC#CCC#CCOC(C)OCC. The van der Waals surface area contributed by atoms with E-state index in [1.54, 1.807) is 0 Å². The number of ether oxygens (including phenoxy) is 2. The summed E-state index contributed by atoms with van der Waals surface area (Å²) < 4.78 is 10.4. The third-order valence-electron chi connectivity index (χ3n) is 1.40. The van der Waals surface area contributed by atoms with E-state index in [2.05, 4.69) is 23.7 Å². The lowest BCUT2D eigenvalue weighted by atomic mass is 10.4. The van der Waals surface area contributed by atoms with E-state index in [9.17, 15) is 0 Å². The van der Waals surface area contributed by atoms with Crippen LogP contribution in [0, 0.1) is 23.7 Å². The summed E-state index contributed by atoms with van der Waals surface area (Å²) in [4.78, 5) is 0. The van der Waals surface area contributed by atoms with Crippen LogP contribution in [0.1, 0.15) is 33.6 Å². The molecule has 2 nitrogen and oxygen atoms in total. The smallest absolute Gasteiger partial charge is 0.156 e. The van der Waals surface area contributed by atoms with Gasteiger partial charge in [0, 0.05) is 13.0 Å². The van der Waals surface area contributed by atoms with Gasteiger partial charge in [0.25, 0.3) is 0 Å². The van der Waals surface area contributed by atoms with Crippen LogP contribution in [0.25, 0.3) is 0 Å². The maximum Gasteiger partial charge on any atom is 0.156 e. The number of rotatable bonds is 4. The summed E-state index contributed by atoms with van der Waals surface area (Å²) in [6.07, 6.45) is 1.34. The Morgan fingerprint density at radius 2 is 1.71 bits per heavy atom. The second-order valence-electron chi connectivity index (χ2n) is 2.57. The highest BCUT2D eigenvalue weighted by molar-refractivity contribution is 5.11. The molecule has 0 spiro atoms.